The molecule has 20 heavy (non-hydrogen) atoms. The highest BCUT2D eigenvalue weighted by molar-refractivity contribution is 5.76. The molecular weight excluding hydrogens is 252 g/mol. The average molecular weight is 278 g/mol. The molecule has 1 amide bonds. The van der Waals surface area contributed by atoms with Crippen molar-refractivity contribution >= 4 is 5.91 Å². The van der Waals surface area contributed by atoms with Crippen molar-refractivity contribution in [1.29, 1.82) is 0 Å². The minimum atomic E-state index is 0.240. The van der Waals surface area contributed by atoms with Crippen LogP contribution in [0.3, 0.4) is 0 Å². The zero-order chi connectivity index (χ0) is 14.7. The summed E-state index contributed by atoms with van der Waals surface area (Å²) in [6.07, 6.45) is 6.06. The lowest BCUT2D eigenvalue weighted by atomic mass is 9.86. The van der Waals surface area contributed by atoms with Gasteiger partial charge in [0.05, 0.1) is 5.69 Å². The van der Waals surface area contributed by atoms with Crippen LogP contribution in [0, 0.1) is 19.8 Å². The minimum Gasteiger partial charge on any atom is -0.361 e. The molecule has 0 saturated heterocycles. The summed E-state index contributed by atoms with van der Waals surface area (Å²) in [5.74, 6) is 1.89. The van der Waals surface area contributed by atoms with E-state index in [1.165, 1.54) is 12.8 Å². The molecular formula is C16H26N2O2. The molecule has 0 aromatic carbocycles. The van der Waals surface area contributed by atoms with Crippen LogP contribution in [0.25, 0.3) is 0 Å². The fraction of sp³-hybridized carbons (Fsp3) is 0.750. The smallest absolute Gasteiger partial charge is 0.222 e. The van der Waals surface area contributed by atoms with E-state index in [2.05, 4.69) is 12.1 Å². The quantitative estimate of drug-likeness (QED) is 0.849. The predicted molar refractivity (Wildman–Crippen MR) is 78.5 cm³/mol. The lowest BCUT2D eigenvalue weighted by Crippen LogP contribution is -2.39. The third-order valence-electron chi connectivity index (χ3n) is 4.70. The fourth-order valence-electron chi connectivity index (χ4n) is 3.10. The Labute approximate surface area is 121 Å². The van der Waals surface area contributed by atoms with Crippen molar-refractivity contribution in [1.82, 2.24) is 10.1 Å². The third-order valence-corrected chi connectivity index (χ3v) is 4.70. The number of hydrogen-bond donors (Lipinski definition) is 0. The van der Waals surface area contributed by atoms with Crippen molar-refractivity contribution in [2.45, 2.75) is 65.3 Å². The maximum absolute atomic E-state index is 12.3. The Morgan fingerprint density at radius 1 is 1.30 bits per heavy atom. The molecule has 112 valence electrons. The van der Waals surface area contributed by atoms with Crippen molar-refractivity contribution in [3.63, 3.8) is 0 Å². The molecule has 1 aliphatic rings. The van der Waals surface area contributed by atoms with Gasteiger partial charge in [-0.05, 0) is 51.9 Å². The van der Waals surface area contributed by atoms with Gasteiger partial charge in [0.15, 0.2) is 0 Å². The van der Waals surface area contributed by atoms with Crippen LogP contribution in [0.5, 0.6) is 0 Å². The summed E-state index contributed by atoms with van der Waals surface area (Å²) in [5.41, 5.74) is 1.99. The molecule has 0 unspecified atom stereocenters. The minimum absolute atomic E-state index is 0.240. The van der Waals surface area contributed by atoms with Gasteiger partial charge in [-0.2, -0.15) is 0 Å². The normalized spacial score (nSPS) is 22.8. The second kappa shape index (κ2) is 6.42. The van der Waals surface area contributed by atoms with Gasteiger partial charge >= 0.3 is 0 Å². The number of aryl methyl sites for hydroxylation is 2. The third kappa shape index (κ3) is 3.41. The van der Waals surface area contributed by atoms with Gasteiger partial charge in [-0.3, -0.25) is 4.79 Å². The number of carbonyl (C=O) groups is 1. The average Bonchev–Trinajstić information content (AvgIpc) is 2.75. The van der Waals surface area contributed by atoms with Gasteiger partial charge < -0.3 is 9.42 Å². The van der Waals surface area contributed by atoms with Crippen LogP contribution in [0.2, 0.25) is 0 Å². The fourth-order valence-corrected chi connectivity index (χ4v) is 3.10. The van der Waals surface area contributed by atoms with E-state index in [4.69, 9.17) is 4.52 Å². The lowest BCUT2D eigenvalue weighted by molar-refractivity contribution is -0.132. The number of rotatable bonds is 4. The first kappa shape index (κ1) is 15.1. The van der Waals surface area contributed by atoms with Crippen LogP contribution in [-0.2, 0) is 11.2 Å². The van der Waals surface area contributed by atoms with E-state index < -0.39 is 0 Å². The van der Waals surface area contributed by atoms with Crippen molar-refractivity contribution in [3.05, 3.63) is 17.0 Å². The first-order valence-electron chi connectivity index (χ1n) is 7.66. The topological polar surface area (TPSA) is 46.3 Å². The highest BCUT2D eigenvalue weighted by atomic mass is 16.5. The van der Waals surface area contributed by atoms with E-state index >= 15 is 0 Å². The van der Waals surface area contributed by atoms with E-state index in [9.17, 15) is 4.79 Å². The monoisotopic (exact) mass is 278 g/mol. The standard InChI is InChI=1S/C16H26N2O2/c1-11-5-7-14(8-6-11)18(4)16(19)10-9-15-12(2)17-20-13(15)3/h11,14H,5-10H2,1-4H3. The maximum atomic E-state index is 12.3. The molecule has 0 aliphatic heterocycles. The van der Waals surface area contributed by atoms with E-state index in [0.717, 1.165) is 42.2 Å². The summed E-state index contributed by atoms with van der Waals surface area (Å²) in [6.45, 7) is 6.14. The molecule has 1 fully saturated rings. The number of carbonyl (C=O) groups excluding carboxylic acids is 1. The molecule has 0 spiro atoms. The van der Waals surface area contributed by atoms with E-state index in [1.54, 1.807) is 0 Å². The Kier molecular flexibility index (Phi) is 4.84. The molecule has 2 rings (SSSR count). The summed E-state index contributed by atoms with van der Waals surface area (Å²) < 4.78 is 5.14. The molecule has 1 aromatic rings. The van der Waals surface area contributed by atoms with Crippen LogP contribution in [0.4, 0.5) is 0 Å². The Bertz CT molecular complexity index is 440. The summed E-state index contributed by atoms with van der Waals surface area (Å²) in [6, 6.07) is 0.434. The Hall–Kier alpha value is -1.32. The largest absolute Gasteiger partial charge is 0.361 e. The van der Waals surface area contributed by atoms with Crippen molar-refractivity contribution < 1.29 is 9.32 Å². The molecule has 0 radical (unpaired) electrons. The summed E-state index contributed by atoms with van der Waals surface area (Å²) >= 11 is 0. The molecule has 4 heteroatoms. The van der Waals surface area contributed by atoms with Crippen LogP contribution >= 0.6 is 0 Å². The molecule has 1 heterocycles. The molecule has 4 nitrogen and oxygen atoms in total. The molecule has 0 bridgehead atoms. The van der Waals surface area contributed by atoms with Crippen molar-refractivity contribution in [2.75, 3.05) is 7.05 Å². The van der Waals surface area contributed by atoms with Crippen LogP contribution in [-0.4, -0.2) is 29.1 Å². The van der Waals surface area contributed by atoms with Crippen molar-refractivity contribution in [2.24, 2.45) is 5.92 Å². The van der Waals surface area contributed by atoms with E-state index in [0.29, 0.717) is 12.5 Å². The number of nitrogens with zero attached hydrogens (tertiary/aromatic N) is 2. The zero-order valence-corrected chi connectivity index (χ0v) is 13.1. The highest BCUT2D eigenvalue weighted by Crippen LogP contribution is 2.27. The number of aromatic nitrogens is 1. The Morgan fingerprint density at radius 2 is 1.95 bits per heavy atom. The van der Waals surface area contributed by atoms with Crippen LogP contribution < -0.4 is 0 Å². The summed E-state index contributed by atoms with van der Waals surface area (Å²) in [7, 11) is 1.95. The number of hydrogen-bond acceptors (Lipinski definition) is 3. The van der Waals surface area contributed by atoms with Gasteiger partial charge in [-0.1, -0.05) is 12.1 Å². The Balaban J connectivity index is 1.85. The second-order valence-electron chi connectivity index (χ2n) is 6.22. The predicted octanol–water partition coefficient (Wildman–Crippen LogP) is 3.26. The van der Waals surface area contributed by atoms with Gasteiger partial charge in [-0.25, -0.2) is 0 Å². The van der Waals surface area contributed by atoms with E-state index in [-0.39, 0.29) is 5.91 Å². The Morgan fingerprint density at radius 3 is 2.50 bits per heavy atom. The van der Waals surface area contributed by atoms with Gasteiger partial charge in [0.1, 0.15) is 5.76 Å². The molecule has 1 aromatic heterocycles. The lowest BCUT2D eigenvalue weighted by Gasteiger charge is -2.33. The van der Waals surface area contributed by atoms with Gasteiger partial charge in [-0.15, -0.1) is 0 Å². The zero-order valence-electron chi connectivity index (χ0n) is 13.1. The van der Waals surface area contributed by atoms with Crippen LogP contribution in [0.15, 0.2) is 4.52 Å². The first-order valence-corrected chi connectivity index (χ1v) is 7.66. The van der Waals surface area contributed by atoms with Gasteiger partial charge in [0, 0.05) is 25.1 Å². The highest BCUT2D eigenvalue weighted by Gasteiger charge is 2.24. The number of amides is 1. The summed E-state index contributed by atoms with van der Waals surface area (Å²) in [4.78, 5) is 14.3. The maximum Gasteiger partial charge on any atom is 0.222 e. The first-order chi connectivity index (χ1) is 9.49. The van der Waals surface area contributed by atoms with Gasteiger partial charge in [0.25, 0.3) is 0 Å². The van der Waals surface area contributed by atoms with Gasteiger partial charge in [0.2, 0.25) is 5.91 Å². The molecule has 0 N–H and O–H groups in total. The second-order valence-corrected chi connectivity index (χ2v) is 6.22. The van der Waals surface area contributed by atoms with E-state index in [1.807, 2.05) is 25.8 Å². The SMILES string of the molecule is Cc1noc(C)c1CCC(=O)N(C)C1CCC(C)CC1. The molecule has 1 saturated carbocycles. The summed E-state index contributed by atoms with van der Waals surface area (Å²) in [5, 5.41) is 3.94. The van der Waals surface area contributed by atoms with Crippen LogP contribution in [0.1, 0.15) is 56.0 Å². The molecule has 0 atom stereocenters. The van der Waals surface area contributed by atoms with Crippen molar-refractivity contribution in [3.8, 4) is 0 Å². The molecule has 1 aliphatic carbocycles.